The summed E-state index contributed by atoms with van der Waals surface area (Å²) in [5.74, 6) is 0.135. The molecule has 3 aliphatic rings. The maximum absolute atomic E-state index is 12.3. The highest BCUT2D eigenvalue weighted by atomic mass is 79.9. The van der Waals surface area contributed by atoms with Crippen molar-refractivity contribution in [1.82, 2.24) is 4.90 Å². The van der Waals surface area contributed by atoms with Crippen LogP contribution in [-0.2, 0) is 4.79 Å². The zero-order valence-corrected chi connectivity index (χ0v) is 13.4. The van der Waals surface area contributed by atoms with Crippen molar-refractivity contribution in [2.45, 2.75) is 6.92 Å². The Labute approximate surface area is 128 Å². The fourth-order valence-corrected chi connectivity index (χ4v) is 3.52. The van der Waals surface area contributed by atoms with E-state index in [1.165, 1.54) is 5.56 Å². The van der Waals surface area contributed by atoms with Crippen LogP contribution in [0.4, 0.5) is 5.69 Å². The maximum atomic E-state index is 12.3. The summed E-state index contributed by atoms with van der Waals surface area (Å²) in [5, 5.41) is 3.04. The number of anilines is 1. The lowest BCUT2D eigenvalue weighted by Crippen LogP contribution is -2.68. The summed E-state index contributed by atoms with van der Waals surface area (Å²) in [4.78, 5) is 14.8. The van der Waals surface area contributed by atoms with Gasteiger partial charge in [-0.1, -0.05) is 22.0 Å². The molecule has 0 atom stereocenters. The van der Waals surface area contributed by atoms with Gasteiger partial charge in [-0.05, 0) is 24.6 Å². The molecular formula is C15H21BrN3O+. The van der Waals surface area contributed by atoms with Crippen molar-refractivity contribution in [3.63, 3.8) is 0 Å². The Morgan fingerprint density at radius 1 is 1.30 bits per heavy atom. The van der Waals surface area contributed by atoms with Crippen LogP contribution in [-0.4, -0.2) is 61.1 Å². The minimum absolute atomic E-state index is 0.135. The van der Waals surface area contributed by atoms with E-state index in [0.29, 0.717) is 6.54 Å². The van der Waals surface area contributed by atoms with Crippen molar-refractivity contribution in [3.8, 4) is 0 Å². The van der Waals surface area contributed by atoms with Gasteiger partial charge in [0.15, 0.2) is 6.54 Å². The lowest BCUT2D eigenvalue weighted by Gasteiger charge is -2.50. The van der Waals surface area contributed by atoms with Crippen LogP contribution >= 0.6 is 15.9 Å². The van der Waals surface area contributed by atoms with Gasteiger partial charge in [0, 0.05) is 29.8 Å². The van der Waals surface area contributed by atoms with Gasteiger partial charge in [-0.3, -0.25) is 9.69 Å². The molecule has 20 heavy (non-hydrogen) atoms. The molecule has 3 saturated heterocycles. The molecule has 3 fully saturated rings. The van der Waals surface area contributed by atoms with E-state index in [4.69, 9.17) is 0 Å². The van der Waals surface area contributed by atoms with Gasteiger partial charge >= 0.3 is 0 Å². The second-order valence-electron chi connectivity index (χ2n) is 6.02. The van der Waals surface area contributed by atoms with E-state index in [2.05, 4.69) is 26.1 Å². The number of amides is 1. The first kappa shape index (κ1) is 14.0. The smallest absolute Gasteiger partial charge is 0.279 e. The largest absolute Gasteiger partial charge is 0.321 e. The SMILES string of the molecule is Cc1ccc(NC(=O)C[N+]23CCN(CC2)CC3)cc1Br. The first-order valence-electron chi connectivity index (χ1n) is 7.20. The molecule has 0 radical (unpaired) electrons. The molecule has 1 aromatic carbocycles. The average Bonchev–Trinajstić information content (AvgIpc) is 2.44. The number of quaternary nitrogens is 1. The third-order valence-corrected chi connectivity index (χ3v) is 5.46. The van der Waals surface area contributed by atoms with E-state index in [0.717, 1.165) is 53.9 Å². The Morgan fingerprint density at radius 2 is 1.95 bits per heavy atom. The number of nitrogens with zero attached hydrogens (tertiary/aromatic N) is 2. The van der Waals surface area contributed by atoms with Crippen molar-refractivity contribution < 1.29 is 9.28 Å². The predicted octanol–water partition coefficient (Wildman–Crippen LogP) is 1.84. The summed E-state index contributed by atoms with van der Waals surface area (Å²) in [7, 11) is 0. The molecule has 4 nitrogen and oxygen atoms in total. The van der Waals surface area contributed by atoms with E-state index in [-0.39, 0.29) is 5.91 Å². The van der Waals surface area contributed by atoms with E-state index in [1.54, 1.807) is 0 Å². The Hall–Kier alpha value is -0.910. The van der Waals surface area contributed by atoms with Gasteiger partial charge < -0.3 is 9.80 Å². The summed E-state index contributed by atoms with van der Waals surface area (Å²) >= 11 is 3.50. The highest BCUT2D eigenvalue weighted by Crippen LogP contribution is 2.22. The van der Waals surface area contributed by atoms with Gasteiger partial charge in [-0.15, -0.1) is 0 Å². The Bertz CT molecular complexity index is 510. The topological polar surface area (TPSA) is 32.3 Å². The first-order valence-corrected chi connectivity index (χ1v) is 7.99. The average molecular weight is 339 g/mol. The molecular weight excluding hydrogens is 318 g/mol. The molecule has 5 heteroatoms. The summed E-state index contributed by atoms with van der Waals surface area (Å²) in [6, 6.07) is 5.96. The lowest BCUT2D eigenvalue weighted by molar-refractivity contribution is -0.933. The zero-order valence-electron chi connectivity index (χ0n) is 11.9. The summed E-state index contributed by atoms with van der Waals surface area (Å²) in [6.07, 6.45) is 0. The van der Waals surface area contributed by atoms with Gasteiger partial charge in [0.1, 0.15) is 0 Å². The fourth-order valence-electron chi connectivity index (χ4n) is 3.14. The van der Waals surface area contributed by atoms with Crippen molar-refractivity contribution >= 4 is 27.5 Å². The van der Waals surface area contributed by atoms with Crippen LogP contribution in [0.5, 0.6) is 0 Å². The van der Waals surface area contributed by atoms with Crippen LogP contribution in [0, 0.1) is 6.92 Å². The summed E-state index contributed by atoms with van der Waals surface area (Å²) in [5.41, 5.74) is 2.05. The Kier molecular flexibility index (Phi) is 3.84. The quantitative estimate of drug-likeness (QED) is 0.853. The van der Waals surface area contributed by atoms with Gasteiger partial charge in [0.25, 0.3) is 5.91 Å². The Balaban J connectivity index is 1.63. The maximum Gasteiger partial charge on any atom is 0.279 e. The van der Waals surface area contributed by atoms with Crippen molar-refractivity contribution in [3.05, 3.63) is 28.2 Å². The zero-order chi connectivity index (χ0) is 14.2. The van der Waals surface area contributed by atoms with Crippen LogP contribution in [0.15, 0.2) is 22.7 Å². The number of carbonyl (C=O) groups excluding carboxylic acids is 1. The molecule has 1 amide bonds. The molecule has 0 spiro atoms. The van der Waals surface area contributed by atoms with Crippen LogP contribution < -0.4 is 5.32 Å². The van der Waals surface area contributed by atoms with E-state index >= 15 is 0 Å². The van der Waals surface area contributed by atoms with Gasteiger partial charge in [-0.25, -0.2) is 0 Å². The van der Waals surface area contributed by atoms with Gasteiger partial charge in [0.2, 0.25) is 0 Å². The van der Waals surface area contributed by atoms with Gasteiger partial charge in [0.05, 0.1) is 19.6 Å². The molecule has 3 aliphatic heterocycles. The number of piperazine rings is 3. The van der Waals surface area contributed by atoms with Crippen LogP contribution in [0.3, 0.4) is 0 Å². The third-order valence-electron chi connectivity index (χ3n) is 4.61. The predicted molar refractivity (Wildman–Crippen MR) is 83.7 cm³/mol. The minimum atomic E-state index is 0.135. The van der Waals surface area contributed by atoms with E-state index in [1.807, 2.05) is 25.1 Å². The summed E-state index contributed by atoms with van der Waals surface area (Å²) < 4.78 is 2.00. The number of halogens is 1. The van der Waals surface area contributed by atoms with Crippen LogP contribution in [0.25, 0.3) is 0 Å². The number of hydrogen-bond acceptors (Lipinski definition) is 2. The van der Waals surface area contributed by atoms with Crippen molar-refractivity contribution in [2.24, 2.45) is 0 Å². The first-order chi connectivity index (χ1) is 9.56. The number of fused-ring (bicyclic) bond motifs is 3. The Morgan fingerprint density at radius 3 is 2.55 bits per heavy atom. The second-order valence-corrected chi connectivity index (χ2v) is 6.88. The third kappa shape index (κ3) is 2.90. The van der Waals surface area contributed by atoms with E-state index in [9.17, 15) is 4.79 Å². The second kappa shape index (κ2) is 5.47. The van der Waals surface area contributed by atoms with Crippen LogP contribution in [0.1, 0.15) is 5.56 Å². The van der Waals surface area contributed by atoms with Crippen molar-refractivity contribution in [1.29, 1.82) is 0 Å². The highest BCUT2D eigenvalue weighted by Gasteiger charge is 2.39. The molecule has 0 aromatic heterocycles. The standard InChI is InChI=1S/C15H20BrN3O/c1-12-2-3-13(10-14(12)16)17-15(20)11-19-7-4-18(5-8-19)6-9-19/h2-3,10H,4-9,11H2,1H3/p+1. The van der Waals surface area contributed by atoms with E-state index < -0.39 is 0 Å². The molecule has 0 aliphatic carbocycles. The van der Waals surface area contributed by atoms with Crippen molar-refractivity contribution in [2.75, 3.05) is 51.1 Å². The van der Waals surface area contributed by atoms with Crippen LogP contribution in [0.2, 0.25) is 0 Å². The molecule has 0 unspecified atom stereocenters. The molecule has 0 saturated carbocycles. The molecule has 108 valence electrons. The highest BCUT2D eigenvalue weighted by molar-refractivity contribution is 9.10. The molecule has 4 rings (SSSR count). The number of benzene rings is 1. The fraction of sp³-hybridized carbons (Fsp3) is 0.533. The lowest BCUT2D eigenvalue weighted by atomic mass is 10.1. The number of aryl methyl sites for hydroxylation is 1. The van der Waals surface area contributed by atoms with Gasteiger partial charge in [-0.2, -0.15) is 0 Å². The summed E-state index contributed by atoms with van der Waals surface area (Å²) in [6.45, 7) is 9.43. The number of carbonyl (C=O) groups is 1. The molecule has 2 bridgehead atoms. The monoisotopic (exact) mass is 338 g/mol. The molecule has 3 heterocycles. The normalized spacial score (nSPS) is 28.4. The minimum Gasteiger partial charge on any atom is -0.321 e. The molecule has 1 N–H and O–H groups in total. The molecule has 1 aromatic rings. The number of hydrogen-bond donors (Lipinski definition) is 1. The number of nitrogens with one attached hydrogen (secondary N) is 1. The number of rotatable bonds is 3.